The summed E-state index contributed by atoms with van der Waals surface area (Å²) in [6, 6.07) is 0.493. The molecule has 0 saturated carbocycles. The third-order valence-corrected chi connectivity index (χ3v) is 2.73. The number of ether oxygens (including phenoxy) is 1. The van der Waals surface area contributed by atoms with Crippen molar-refractivity contribution in [3.05, 3.63) is 22.9 Å². The SMILES string of the molecule is FC(F)(F)c1cc2c(nc1C(F)(F)F)NCCOCC2. The third kappa shape index (κ3) is 3.14. The molecule has 0 aromatic carbocycles. The maximum atomic E-state index is 12.7. The van der Waals surface area contributed by atoms with Crippen LogP contribution in [0.2, 0.25) is 0 Å². The first-order valence-corrected chi connectivity index (χ1v) is 5.69. The first-order valence-electron chi connectivity index (χ1n) is 5.69. The summed E-state index contributed by atoms with van der Waals surface area (Å²) in [4.78, 5) is 3.14. The number of hydrogen-bond donors (Lipinski definition) is 1. The minimum absolute atomic E-state index is 0.0602. The molecule has 0 amide bonds. The van der Waals surface area contributed by atoms with Gasteiger partial charge in [0.1, 0.15) is 5.82 Å². The number of nitrogens with one attached hydrogen (secondary N) is 1. The van der Waals surface area contributed by atoms with Gasteiger partial charge in [-0.3, -0.25) is 0 Å². The number of hydrogen-bond acceptors (Lipinski definition) is 3. The summed E-state index contributed by atoms with van der Waals surface area (Å²) in [5.41, 5.74) is -3.63. The van der Waals surface area contributed by atoms with Crippen LogP contribution < -0.4 is 5.32 Å². The predicted molar refractivity (Wildman–Crippen MR) is 57.3 cm³/mol. The van der Waals surface area contributed by atoms with Crippen LogP contribution in [0, 0.1) is 0 Å². The fourth-order valence-corrected chi connectivity index (χ4v) is 1.86. The predicted octanol–water partition coefficient (Wildman–Crippen LogP) is 3.10. The lowest BCUT2D eigenvalue weighted by Crippen LogP contribution is -2.23. The van der Waals surface area contributed by atoms with Crippen LogP contribution in [-0.4, -0.2) is 24.7 Å². The zero-order chi connectivity index (χ0) is 15.0. The molecule has 9 heteroatoms. The number of halogens is 6. The molecule has 0 spiro atoms. The number of rotatable bonds is 0. The van der Waals surface area contributed by atoms with Gasteiger partial charge in [0.15, 0.2) is 5.69 Å². The quantitative estimate of drug-likeness (QED) is 0.748. The maximum Gasteiger partial charge on any atom is 0.434 e. The smallest absolute Gasteiger partial charge is 0.379 e. The van der Waals surface area contributed by atoms with Crippen LogP contribution in [0.25, 0.3) is 0 Å². The number of anilines is 1. The van der Waals surface area contributed by atoms with E-state index in [0.29, 0.717) is 6.07 Å². The van der Waals surface area contributed by atoms with E-state index >= 15 is 0 Å². The van der Waals surface area contributed by atoms with Gasteiger partial charge in [0.05, 0.1) is 18.8 Å². The lowest BCUT2D eigenvalue weighted by molar-refractivity contribution is -0.164. The number of aromatic nitrogens is 1. The molecule has 0 bridgehead atoms. The Balaban J connectivity index is 2.58. The van der Waals surface area contributed by atoms with E-state index in [1.54, 1.807) is 0 Å². The van der Waals surface area contributed by atoms with E-state index in [9.17, 15) is 26.3 Å². The van der Waals surface area contributed by atoms with Gasteiger partial charge in [-0.2, -0.15) is 26.3 Å². The van der Waals surface area contributed by atoms with E-state index in [2.05, 4.69) is 10.3 Å². The van der Waals surface area contributed by atoms with Crippen LogP contribution in [0.4, 0.5) is 32.2 Å². The Morgan fingerprint density at radius 3 is 2.35 bits per heavy atom. The monoisotopic (exact) mass is 300 g/mol. The van der Waals surface area contributed by atoms with Gasteiger partial charge in [-0.25, -0.2) is 4.98 Å². The van der Waals surface area contributed by atoms with Gasteiger partial charge < -0.3 is 10.1 Å². The van der Waals surface area contributed by atoms with Gasteiger partial charge in [-0.1, -0.05) is 0 Å². The van der Waals surface area contributed by atoms with Crippen molar-refractivity contribution in [2.75, 3.05) is 25.1 Å². The molecule has 1 aliphatic heterocycles. The molecule has 2 heterocycles. The minimum Gasteiger partial charge on any atom is -0.379 e. The Kier molecular flexibility index (Phi) is 3.81. The molecule has 0 fully saturated rings. The molecular formula is C11H10F6N2O. The van der Waals surface area contributed by atoms with Crippen molar-refractivity contribution in [3.8, 4) is 0 Å². The maximum absolute atomic E-state index is 12.7. The molecule has 20 heavy (non-hydrogen) atoms. The summed E-state index contributed by atoms with van der Waals surface area (Å²) >= 11 is 0. The van der Waals surface area contributed by atoms with Crippen LogP contribution in [0.1, 0.15) is 16.8 Å². The molecule has 3 nitrogen and oxygen atoms in total. The molecule has 0 atom stereocenters. The highest BCUT2D eigenvalue weighted by molar-refractivity contribution is 5.49. The van der Waals surface area contributed by atoms with Crippen molar-refractivity contribution >= 4 is 5.82 Å². The van der Waals surface area contributed by atoms with E-state index in [-0.39, 0.29) is 37.6 Å². The van der Waals surface area contributed by atoms with E-state index < -0.39 is 23.6 Å². The molecule has 1 N–H and O–H groups in total. The molecule has 0 radical (unpaired) electrons. The molecule has 112 valence electrons. The van der Waals surface area contributed by atoms with Gasteiger partial charge in [0.2, 0.25) is 0 Å². The zero-order valence-electron chi connectivity index (χ0n) is 10.0. The average Bonchev–Trinajstić information content (AvgIpc) is 2.26. The topological polar surface area (TPSA) is 34.2 Å². The van der Waals surface area contributed by atoms with Crippen molar-refractivity contribution in [1.82, 2.24) is 4.98 Å². The fraction of sp³-hybridized carbons (Fsp3) is 0.545. The highest BCUT2D eigenvalue weighted by Crippen LogP contribution is 2.40. The Morgan fingerprint density at radius 2 is 1.75 bits per heavy atom. The second-order valence-electron chi connectivity index (χ2n) is 4.18. The van der Waals surface area contributed by atoms with Crippen LogP contribution >= 0.6 is 0 Å². The summed E-state index contributed by atoms with van der Waals surface area (Å²) in [5.74, 6) is -0.173. The van der Waals surface area contributed by atoms with Gasteiger partial charge in [0, 0.05) is 6.54 Å². The van der Waals surface area contributed by atoms with Crippen LogP contribution in [-0.2, 0) is 23.5 Å². The summed E-state index contributed by atoms with van der Waals surface area (Å²) < 4.78 is 81.4. The molecule has 0 saturated heterocycles. The normalized spacial score (nSPS) is 16.9. The Labute approximate surface area is 109 Å². The van der Waals surface area contributed by atoms with Crippen molar-refractivity contribution in [2.45, 2.75) is 18.8 Å². The first kappa shape index (κ1) is 14.9. The molecule has 0 unspecified atom stereocenters. The Bertz CT molecular complexity index is 452. The summed E-state index contributed by atoms with van der Waals surface area (Å²) in [6.45, 7) is 0.575. The molecule has 0 aliphatic carbocycles. The lowest BCUT2D eigenvalue weighted by Gasteiger charge is -2.21. The first-order chi connectivity index (χ1) is 9.19. The largest absolute Gasteiger partial charge is 0.434 e. The molecule has 1 aromatic heterocycles. The highest BCUT2D eigenvalue weighted by Gasteiger charge is 2.45. The van der Waals surface area contributed by atoms with E-state index in [4.69, 9.17) is 4.74 Å². The van der Waals surface area contributed by atoms with E-state index in [1.807, 2.05) is 0 Å². The fourth-order valence-electron chi connectivity index (χ4n) is 1.86. The van der Waals surface area contributed by atoms with Gasteiger partial charge in [0.25, 0.3) is 0 Å². The number of fused-ring (bicyclic) bond motifs is 1. The second-order valence-corrected chi connectivity index (χ2v) is 4.18. The lowest BCUT2D eigenvalue weighted by atomic mass is 10.1. The van der Waals surface area contributed by atoms with Crippen LogP contribution in [0.5, 0.6) is 0 Å². The summed E-state index contributed by atoms with van der Waals surface area (Å²) in [7, 11) is 0. The number of alkyl halides is 6. The minimum atomic E-state index is -5.17. The standard InChI is InChI=1S/C11H10F6N2O/c12-10(13,14)7-5-6-1-3-20-4-2-18-9(6)19-8(7)11(15,16)17/h5H,1-4H2,(H,18,19). The van der Waals surface area contributed by atoms with Gasteiger partial charge >= 0.3 is 12.4 Å². The number of nitrogens with zero attached hydrogens (tertiary/aromatic N) is 1. The Morgan fingerprint density at radius 1 is 1.05 bits per heavy atom. The average molecular weight is 300 g/mol. The third-order valence-electron chi connectivity index (χ3n) is 2.73. The molecule has 2 rings (SSSR count). The summed E-state index contributed by atoms with van der Waals surface area (Å²) in [5, 5.41) is 2.55. The van der Waals surface area contributed by atoms with Gasteiger partial charge in [-0.15, -0.1) is 0 Å². The van der Waals surface area contributed by atoms with E-state index in [0.717, 1.165) is 0 Å². The Hall–Kier alpha value is -1.51. The zero-order valence-corrected chi connectivity index (χ0v) is 10.0. The van der Waals surface area contributed by atoms with Crippen molar-refractivity contribution < 1.29 is 31.1 Å². The van der Waals surface area contributed by atoms with Crippen LogP contribution in [0.15, 0.2) is 6.07 Å². The molecular weight excluding hydrogens is 290 g/mol. The van der Waals surface area contributed by atoms with Gasteiger partial charge in [-0.05, 0) is 18.1 Å². The summed E-state index contributed by atoms with van der Waals surface area (Å²) in [6.07, 6.45) is -10.2. The van der Waals surface area contributed by atoms with Crippen LogP contribution in [0.3, 0.4) is 0 Å². The van der Waals surface area contributed by atoms with Crippen molar-refractivity contribution in [3.63, 3.8) is 0 Å². The highest BCUT2D eigenvalue weighted by atomic mass is 19.4. The number of pyridine rings is 1. The second kappa shape index (κ2) is 5.12. The molecule has 1 aliphatic rings. The van der Waals surface area contributed by atoms with Crippen molar-refractivity contribution in [2.24, 2.45) is 0 Å². The molecule has 1 aromatic rings. The van der Waals surface area contributed by atoms with Crippen molar-refractivity contribution in [1.29, 1.82) is 0 Å². The van der Waals surface area contributed by atoms with E-state index in [1.165, 1.54) is 0 Å².